The molecule has 0 amide bonds. The number of nitrogens with zero attached hydrogens (tertiary/aromatic N) is 1. The molecule has 0 radical (unpaired) electrons. The summed E-state index contributed by atoms with van der Waals surface area (Å²) in [6, 6.07) is 5.38. The molecule has 2 unspecified atom stereocenters. The zero-order chi connectivity index (χ0) is 15.6. The molecule has 1 aliphatic heterocycles. The van der Waals surface area contributed by atoms with Gasteiger partial charge in [-0.2, -0.15) is 0 Å². The first-order valence-corrected chi connectivity index (χ1v) is 8.58. The minimum absolute atomic E-state index is 0.114. The third-order valence-electron chi connectivity index (χ3n) is 3.82. The third kappa shape index (κ3) is 3.30. The highest BCUT2D eigenvalue weighted by Crippen LogP contribution is 2.28. The summed E-state index contributed by atoms with van der Waals surface area (Å²) in [4.78, 5) is 2.35. The molecule has 1 aliphatic rings. The van der Waals surface area contributed by atoms with Gasteiger partial charge < -0.3 is 15.4 Å². The molecule has 6 nitrogen and oxygen atoms in total. The van der Waals surface area contributed by atoms with Gasteiger partial charge in [0, 0.05) is 12.2 Å². The second-order valence-electron chi connectivity index (χ2n) is 5.29. The van der Waals surface area contributed by atoms with E-state index in [1.807, 2.05) is 6.92 Å². The van der Waals surface area contributed by atoms with E-state index in [1.54, 1.807) is 18.2 Å². The van der Waals surface area contributed by atoms with Gasteiger partial charge in [0.1, 0.15) is 4.90 Å². The molecule has 7 heteroatoms. The summed E-state index contributed by atoms with van der Waals surface area (Å²) in [5.74, 6) is 0. The molecule has 1 fully saturated rings. The van der Waals surface area contributed by atoms with Crippen LogP contribution < -0.4 is 15.4 Å². The van der Waals surface area contributed by atoms with E-state index in [1.165, 1.54) is 7.05 Å². The van der Waals surface area contributed by atoms with Crippen molar-refractivity contribution in [2.45, 2.75) is 37.3 Å². The Morgan fingerprint density at radius 2 is 2.19 bits per heavy atom. The summed E-state index contributed by atoms with van der Waals surface area (Å²) in [6.07, 6.45) is 1.11. The second-order valence-corrected chi connectivity index (χ2v) is 7.14. The molecule has 2 rings (SSSR count). The zero-order valence-corrected chi connectivity index (χ0v) is 13.5. The van der Waals surface area contributed by atoms with Gasteiger partial charge in [-0.1, -0.05) is 6.92 Å². The normalized spacial score (nSPS) is 23.3. The van der Waals surface area contributed by atoms with E-state index >= 15 is 0 Å². The SMILES string of the molecule is CCC1COC(C)CN1c1ccc(S(=O)(=O)NC)c(N)c1. The van der Waals surface area contributed by atoms with E-state index in [0.717, 1.165) is 18.7 Å². The van der Waals surface area contributed by atoms with Crippen molar-refractivity contribution in [1.29, 1.82) is 0 Å². The molecule has 3 N–H and O–H groups in total. The van der Waals surface area contributed by atoms with Crippen molar-refractivity contribution in [3.05, 3.63) is 18.2 Å². The van der Waals surface area contributed by atoms with Crippen molar-refractivity contribution in [1.82, 2.24) is 4.72 Å². The van der Waals surface area contributed by atoms with Gasteiger partial charge in [0.25, 0.3) is 0 Å². The summed E-state index contributed by atoms with van der Waals surface area (Å²) in [5, 5.41) is 0. The van der Waals surface area contributed by atoms with Gasteiger partial charge >= 0.3 is 0 Å². The number of sulfonamides is 1. The molecule has 0 aromatic heterocycles. The predicted octanol–water partition coefficient (Wildman–Crippen LogP) is 1.18. The van der Waals surface area contributed by atoms with Crippen LogP contribution in [0.25, 0.3) is 0 Å². The lowest BCUT2D eigenvalue weighted by Gasteiger charge is -2.40. The van der Waals surface area contributed by atoms with Crippen LogP contribution in [0.5, 0.6) is 0 Å². The van der Waals surface area contributed by atoms with Gasteiger partial charge in [-0.15, -0.1) is 0 Å². The van der Waals surface area contributed by atoms with Crippen LogP contribution >= 0.6 is 0 Å². The Morgan fingerprint density at radius 3 is 2.76 bits per heavy atom. The van der Waals surface area contributed by atoms with Crippen molar-refractivity contribution < 1.29 is 13.2 Å². The number of benzene rings is 1. The molecule has 0 bridgehead atoms. The number of hydrogen-bond donors (Lipinski definition) is 2. The summed E-state index contributed by atoms with van der Waals surface area (Å²) in [7, 11) is -2.15. The number of nitrogens with two attached hydrogens (primary N) is 1. The smallest absolute Gasteiger partial charge is 0.242 e. The van der Waals surface area contributed by atoms with Crippen LogP contribution in [0.3, 0.4) is 0 Å². The van der Waals surface area contributed by atoms with Gasteiger partial charge in [-0.3, -0.25) is 0 Å². The Labute approximate surface area is 126 Å². The highest BCUT2D eigenvalue weighted by molar-refractivity contribution is 7.89. The number of morpholine rings is 1. The fraction of sp³-hybridized carbons (Fsp3) is 0.571. The summed E-state index contributed by atoms with van der Waals surface area (Å²) in [6.45, 7) is 5.59. The molecule has 21 heavy (non-hydrogen) atoms. The lowest BCUT2D eigenvalue weighted by atomic mass is 10.1. The van der Waals surface area contributed by atoms with Gasteiger partial charge in [0.05, 0.1) is 24.4 Å². The van der Waals surface area contributed by atoms with Crippen molar-refractivity contribution in [2.75, 3.05) is 30.8 Å². The molecule has 0 spiro atoms. The highest BCUT2D eigenvalue weighted by atomic mass is 32.2. The van der Waals surface area contributed by atoms with E-state index in [4.69, 9.17) is 10.5 Å². The molecule has 0 aliphatic carbocycles. The predicted molar refractivity (Wildman–Crippen MR) is 83.9 cm³/mol. The molecular formula is C14H23N3O3S. The van der Waals surface area contributed by atoms with Crippen molar-refractivity contribution in [3.63, 3.8) is 0 Å². The third-order valence-corrected chi connectivity index (χ3v) is 5.31. The van der Waals surface area contributed by atoms with Crippen LogP contribution in [-0.4, -0.2) is 40.8 Å². The maximum absolute atomic E-state index is 11.9. The summed E-state index contributed by atoms with van der Waals surface area (Å²) >= 11 is 0. The lowest BCUT2D eigenvalue weighted by molar-refractivity contribution is 0.0299. The van der Waals surface area contributed by atoms with Crippen molar-refractivity contribution in [2.24, 2.45) is 0 Å². The van der Waals surface area contributed by atoms with Crippen LogP contribution in [0.4, 0.5) is 11.4 Å². The molecule has 118 valence electrons. The van der Waals surface area contributed by atoms with Gasteiger partial charge in [-0.25, -0.2) is 13.1 Å². The van der Waals surface area contributed by atoms with E-state index in [2.05, 4.69) is 16.5 Å². The van der Waals surface area contributed by atoms with Crippen molar-refractivity contribution in [3.8, 4) is 0 Å². The highest BCUT2D eigenvalue weighted by Gasteiger charge is 2.26. The fourth-order valence-corrected chi connectivity index (χ4v) is 3.40. The molecule has 0 saturated carbocycles. The van der Waals surface area contributed by atoms with Gasteiger partial charge in [0.15, 0.2) is 0 Å². The second kappa shape index (κ2) is 6.21. The van der Waals surface area contributed by atoms with E-state index in [-0.39, 0.29) is 22.7 Å². The summed E-state index contributed by atoms with van der Waals surface area (Å²) < 4.78 is 31.7. The van der Waals surface area contributed by atoms with Gasteiger partial charge in [-0.05, 0) is 38.6 Å². The summed E-state index contributed by atoms with van der Waals surface area (Å²) in [5.41, 5.74) is 7.13. The molecule has 1 saturated heterocycles. The first-order chi connectivity index (χ1) is 9.89. The van der Waals surface area contributed by atoms with Crippen LogP contribution in [0, 0.1) is 0 Å². The Balaban J connectivity index is 2.35. The molecule has 1 aromatic rings. The van der Waals surface area contributed by atoms with Crippen LogP contribution in [0.15, 0.2) is 23.1 Å². The molecular weight excluding hydrogens is 290 g/mol. The Kier molecular flexibility index (Phi) is 4.75. The average Bonchev–Trinajstić information content (AvgIpc) is 2.46. The van der Waals surface area contributed by atoms with Crippen LogP contribution in [0.2, 0.25) is 0 Å². The number of nitrogen functional groups attached to an aromatic ring is 1. The van der Waals surface area contributed by atoms with Crippen molar-refractivity contribution >= 4 is 21.4 Å². The first-order valence-electron chi connectivity index (χ1n) is 7.10. The monoisotopic (exact) mass is 313 g/mol. The lowest BCUT2D eigenvalue weighted by Crippen LogP contribution is -2.48. The standard InChI is InChI=1S/C14H23N3O3S/c1-4-11-9-20-10(2)8-17(11)12-5-6-14(13(15)7-12)21(18,19)16-3/h5-7,10-11,16H,4,8-9,15H2,1-3H3. The van der Waals surface area contributed by atoms with Crippen LogP contribution in [0.1, 0.15) is 20.3 Å². The quantitative estimate of drug-likeness (QED) is 0.815. The largest absolute Gasteiger partial charge is 0.398 e. The topological polar surface area (TPSA) is 84.7 Å². The minimum Gasteiger partial charge on any atom is -0.398 e. The average molecular weight is 313 g/mol. The molecule has 2 atom stereocenters. The van der Waals surface area contributed by atoms with Crippen LogP contribution in [-0.2, 0) is 14.8 Å². The zero-order valence-electron chi connectivity index (χ0n) is 12.7. The number of nitrogens with one attached hydrogen (secondary N) is 1. The fourth-order valence-electron chi connectivity index (χ4n) is 2.57. The van der Waals surface area contributed by atoms with Gasteiger partial charge in [0.2, 0.25) is 10.0 Å². The number of rotatable bonds is 4. The van der Waals surface area contributed by atoms with E-state index in [0.29, 0.717) is 6.61 Å². The minimum atomic E-state index is -3.52. The Hall–Kier alpha value is -1.31. The molecule has 1 heterocycles. The van der Waals surface area contributed by atoms with E-state index < -0.39 is 10.0 Å². The number of hydrogen-bond acceptors (Lipinski definition) is 5. The maximum Gasteiger partial charge on any atom is 0.242 e. The van der Waals surface area contributed by atoms with E-state index in [9.17, 15) is 8.42 Å². The maximum atomic E-state index is 11.9. The molecule has 1 aromatic carbocycles. The first kappa shape index (κ1) is 16.1. The Morgan fingerprint density at radius 1 is 1.48 bits per heavy atom. The Bertz CT molecular complexity index is 603. The number of anilines is 2. The number of ether oxygens (including phenoxy) is 1.